The van der Waals surface area contributed by atoms with Crippen molar-refractivity contribution < 1.29 is 19.1 Å². The van der Waals surface area contributed by atoms with Gasteiger partial charge in [-0.15, -0.1) is 0 Å². The number of likely N-dealkylation sites (N-methyl/N-ethyl adjacent to an activating group) is 1. The molecule has 0 aromatic heterocycles. The maximum absolute atomic E-state index is 11.9. The number of carbonyl (C=O) groups is 3. The minimum absolute atomic E-state index is 0.305. The van der Waals surface area contributed by atoms with E-state index in [-0.39, 0.29) is 6.04 Å². The molecular weight excluding hydrogens is 248 g/mol. The van der Waals surface area contributed by atoms with Gasteiger partial charge in [0.05, 0.1) is 6.04 Å². The van der Waals surface area contributed by atoms with E-state index in [1.54, 1.807) is 27.8 Å². The monoisotopic (exact) mass is 268 g/mol. The van der Waals surface area contributed by atoms with Crippen LogP contribution in [0, 0.1) is 0 Å². The van der Waals surface area contributed by atoms with Gasteiger partial charge in [0, 0.05) is 25.7 Å². The van der Waals surface area contributed by atoms with Gasteiger partial charge < -0.3 is 14.5 Å². The highest BCUT2D eigenvalue weighted by molar-refractivity contribution is 6.35. The van der Waals surface area contributed by atoms with Gasteiger partial charge in [0.1, 0.15) is 6.10 Å². The first-order chi connectivity index (χ1) is 8.75. The molecule has 0 N–H and O–H groups in total. The number of ether oxygens (including phenoxy) is 1. The van der Waals surface area contributed by atoms with Crippen molar-refractivity contribution in [1.82, 2.24) is 9.80 Å². The summed E-state index contributed by atoms with van der Waals surface area (Å²) < 4.78 is 5.18. The largest absolute Gasteiger partial charge is 0.457 e. The normalized spacial score (nSPS) is 19.2. The molecule has 1 aliphatic heterocycles. The first kappa shape index (κ1) is 15.2. The topological polar surface area (TPSA) is 66.9 Å². The lowest BCUT2D eigenvalue weighted by Crippen LogP contribution is -2.58. The molecule has 1 fully saturated rings. The van der Waals surface area contributed by atoms with E-state index in [9.17, 15) is 14.4 Å². The first-order valence-electron chi connectivity index (χ1n) is 6.18. The van der Waals surface area contributed by atoms with E-state index in [4.69, 9.17) is 4.74 Å². The zero-order chi connectivity index (χ0) is 14.7. The number of hydrogen-bond acceptors (Lipinski definition) is 4. The third-order valence-corrected chi connectivity index (χ3v) is 3.28. The molecule has 0 aliphatic carbocycles. The Labute approximate surface area is 113 Å². The van der Waals surface area contributed by atoms with Crippen molar-refractivity contribution in [2.45, 2.75) is 32.9 Å². The van der Waals surface area contributed by atoms with Crippen molar-refractivity contribution in [3.63, 3.8) is 0 Å². The second kappa shape index (κ2) is 5.86. The minimum Gasteiger partial charge on any atom is -0.457 e. The van der Waals surface area contributed by atoms with Crippen LogP contribution in [0.25, 0.3) is 0 Å². The molecule has 0 bridgehead atoms. The quantitative estimate of drug-likeness (QED) is 0.414. The molecule has 1 aliphatic rings. The number of rotatable bonds is 4. The Kier molecular flexibility index (Phi) is 4.69. The summed E-state index contributed by atoms with van der Waals surface area (Å²) in [4.78, 5) is 37.8. The Hall–Kier alpha value is -1.85. The van der Waals surface area contributed by atoms with E-state index in [0.29, 0.717) is 18.7 Å². The van der Waals surface area contributed by atoms with Crippen LogP contribution in [0.4, 0.5) is 0 Å². The van der Waals surface area contributed by atoms with Gasteiger partial charge in [-0.1, -0.05) is 6.58 Å². The first-order valence-corrected chi connectivity index (χ1v) is 6.18. The third kappa shape index (κ3) is 3.33. The van der Waals surface area contributed by atoms with Crippen molar-refractivity contribution in [2.75, 3.05) is 20.1 Å². The molecule has 2 atom stereocenters. The highest BCUT2D eigenvalue weighted by Crippen LogP contribution is 2.13. The summed E-state index contributed by atoms with van der Waals surface area (Å²) in [5.41, 5.74) is 0.305. The van der Waals surface area contributed by atoms with Crippen molar-refractivity contribution in [2.24, 2.45) is 0 Å². The molecule has 6 nitrogen and oxygen atoms in total. The molecule has 2 unspecified atom stereocenters. The third-order valence-electron chi connectivity index (χ3n) is 3.28. The van der Waals surface area contributed by atoms with Gasteiger partial charge in [-0.3, -0.25) is 9.59 Å². The fraction of sp³-hybridized carbons (Fsp3) is 0.615. The molecule has 0 aromatic rings. The summed E-state index contributed by atoms with van der Waals surface area (Å²) >= 11 is 0. The standard InChI is InChI=1S/C13H20N2O4/c1-8(2)13(18)19-10(4)9(3)15-7-6-14(5)11(16)12(15)17/h9-10H,1,6-7H2,2-5H3. The number of amides is 2. The van der Waals surface area contributed by atoms with E-state index < -0.39 is 23.9 Å². The van der Waals surface area contributed by atoms with Crippen molar-refractivity contribution in [1.29, 1.82) is 0 Å². The predicted molar refractivity (Wildman–Crippen MR) is 69.2 cm³/mol. The molecular formula is C13H20N2O4. The van der Waals surface area contributed by atoms with Gasteiger partial charge in [-0.05, 0) is 20.8 Å². The highest BCUT2D eigenvalue weighted by atomic mass is 16.5. The number of piperazine rings is 1. The van der Waals surface area contributed by atoms with Gasteiger partial charge in [-0.25, -0.2) is 4.79 Å². The summed E-state index contributed by atoms with van der Waals surface area (Å²) in [5.74, 6) is -1.58. The zero-order valence-corrected chi connectivity index (χ0v) is 11.8. The van der Waals surface area contributed by atoms with Crippen LogP contribution in [0.2, 0.25) is 0 Å². The van der Waals surface area contributed by atoms with Crippen LogP contribution < -0.4 is 0 Å². The highest BCUT2D eigenvalue weighted by Gasteiger charge is 2.35. The molecule has 6 heteroatoms. The van der Waals surface area contributed by atoms with Crippen LogP contribution in [0.15, 0.2) is 12.2 Å². The predicted octanol–water partition coefficient (Wildman–Crippen LogP) is 0.183. The molecule has 1 rings (SSSR count). The van der Waals surface area contributed by atoms with Crippen molar-refractivity contribution >= 4 is 17.8 Å². The summed E-state index contributed by atoms with van der Waals surface area (Å²) in [7, 11) is 1.59. The lowest BCUT2D eigenvalue weighted by Gasteiger charge is -2.37. The van der Waals surface area contributed by atoms with E-state index >= 15 is 0 Å². The second-order valence-corrected chi connectivity index (χ2v) is 4.86. The van der Waals surface area contributed by atoms with Crippen molar-refractivity contribution in [3.05, 3.63) is 12.2 Å². The molecule has 0 radical (unpaired) electrons. The summed E-state index contributed by atoms with van der Waals surface area (Å²) in [6, 6.07) is -0.353. The average molecular weight is 268 g/mol. The maximum Gasteiger partial charge on any atom is 0.333 e. The van der Waals surface area contributed by atoms with Crippen LogP contribution in [-0.2, 0) is 19.1 Å². The SMILES string of the molecule is C=C(C)C(=O)OC(C)C(C)N1CCN(C)C(=O)C1=O. The van der Waals surface area contributed by atoms with E-state index in [1.807, 2.05) is 0 Å². The molecule has 1 heterocycles. The average Bonchev–Trinajstić information content (AvgIpc) is 2.35. The molecule has 1 saturated heterocycles. The lowest BCUT2D eigenvalue weighted by atomic mass is 10.1. The summed E-state index contributed by atoms with van der Waals surface area (Å²) in [5, 5.41) is 0. The van der Waals surface area contributed by atoms with Gasteiger partial charge >= 0.3 is 17.8 Å². The Morgan fingerprint density at radius 3 is 2.37 bits per heavy atom. The minimum atomic E-state index is -0.556. The molecule has 2 amide bonds. The molecule has 19 heavy (non-hydrogen) atoms. The number of carbonyl (C=O) groups excluding carboxylic acids is 3. The summed E-state index contributed by atoms with van der Waals surface area (Å²) in [6.45, 7) is 9.44. The van der Waals surface area contributed by atoms with Crippen LogP contribution in [0.3, 0.4) is 0 Å². The van der Waals surface area contributed by atoms with Crippen LogP contribution in [0.5, 0.6) is 0 Å². The maximum atomic E-state index is 11.9. The molecule has 0 aromatic carbocycles. The Morgan fingerprint density at radius 1 is 1.26 bits per heavy atom. The summed E-state index contributed by atoms with van der Waals surface area (Å²) in [6.07, 6.45) is -0.496. The second-order valence-electron chi connectivity index (χ2n) is 4.86. The van der Waals surface area contributed by atoms with Crippen molar-refractivity contribution in [3.8, 4) is 0 Å². The Bertz CT molecular complexity index is 419. The lowest BCUT2D eigenvalue weighted by molar-refractivity contribution is -0.161. The van der Waals surface area contributed by atoms with E-state index in [1.165, 1.54) is 9.80 Å². The van der Waals surface area contributed by atoms with Crippen LogP contribution in [-0.4, -0.2) is 59.9 Å². The number of hydrogen-bond donors (Lipinski definition) is 0. The smallest absolute Gasteiger partial charge is 0.333 e. The Balaban J connectivity index is 2.69. The van der Waals surface area contributed by atoms with Gasteiger partial charge in [-0.2, -0.15) is 0 Å². The van der Waals surface area contributed by atoms with Crippen LogP contribution >= 0.6 is 0 Å². The van der Waals surface area contributed by atoms with Crippen LogP contribution in [0.1, 0.15) is 20.8 Å². The number of esters is 1. The fourth-order valence-electron chi connectivity index (χ4n) is 1.76. The molecule has 106 valence electrons. The zero-order valence-electron chi connectivity index (χ0n) is 11.8. The van der Waals surface area contributed by atoms with Gasteiger partial charge in [0.15, 0.2) is 0 Å². The van der Waals surface area contributed by atoms with E-state index in [0.717, 1.165) is 0 Å². The van der Waals surface area contributed by atoms with Gasteiger partial charge in [0.2, 0.25) is 0 Å². The van der Waals surface area contributed by atoms with Gasteiger partial charge in [0.25, 0.3) is 0 Å². The van der Waals surface area contributed by atoms with E-state index in [2.05, 4.69) is 6.58 Å². The molecule has 0 spiro atoms. The molecule has 0 saturated carbocycles. The Morgan fingerprint density at radius 2 is 1.84 bits per heavy atom. The number of nitrogens with zero attached hydrogens (tertiary/aromatic N) is 2. The fourth-order valence-corrected chi connectivity index (χ4v) is 1.76.